The van der Waals surface area contributed by atoms with Gasteiger partial charge < -0.3 is 9.47 Å². The van der Waals surface area contributed by atoms with Gasteiger partial charge in [0.15, 0.2) is 0 Å². The summed E-state index contributed by atoms with van der Waals surface area (Å²) in [4.78, 5) is 15.9. The number of hydroxylamine groups is 2. The molecule has 2 N–H and O–H groups in total. The average molecular weight is 401 g/mol. The molecule has 2 aliphatic rings. The molecule has 2 atom stereocenters. The number of amides is 1. The molecule has 27 heavy (non-hydrogen) atoms. The molecule has 10 nitrogen and oxygen atoms in total. The fourth-order valence-electron chi connectivity index (χ4n) is 3.46. The fraction of sp³-hybridized carbons (Fsp3) is 0.625. The normalized spacial score (nSPS) is 25.1. The SMILES string of the molecule is O=C(C1COCCC1S(=O)(=O)N1CCC(Oc2ccncc2)CC1)N(O)O. The van der Waals surface area contributed by atoms with Crippen LogP contribution in [0.4, 0.5) is 0 Å². The van der Waals surface area contributed by atoms with Crippen molar-refractivity contribution in [3.05, 3.63) is 24.5 Å². The molecule has 3 rings (SSSR count). The summed E-state index contributed by atoms with van der Waals surface area (Å²) in [6.07, 6.45) is 4.33. The molecular weight excluding hydrogens is 378 g/mol. The van der Waals surface area contributed by atoms with Crippen LogP contribution in [0.25, 0.3) is 0 Å². The van der Waals surface area contributed by atoms with Gasteiger partial charge >= 0.3 is 0 Å². The Bertz CT molecular complexity index is 736. The second-order valence-corrected chi connectivity index (χ2v) is 8.73. The Kier molecular flexibility index (Phi) is 6.27. The Hall–Kier alpha value is -1.79. The zero-order chi connectivity index (χ0) is 19.4. The summed E-state index contributed by atoms with van der Waals surface area (Å²) < 4.78 is 38.4. The van der Waals surface area contributed by atoms with E-state index in [1.54, 1.807) is 24.5 Å². The van der Waals surface area contributed by atoms with Crippen molar-refractivity contribution >= 4 is 15.9 Å². The molecule has 1 aromatic rings. The van der Waals surface area contributed by atoms with Crippen LogP contribution in [0.1, 0.15) is 19.3 Å². The highest BCUT2D eigenvalue weighted by atomic mass is 32.2. The Labute approximate surface area is 157 Å². The van der Waals surface area contributed by atoms with E-state index in [1.807, 2.05) is 0 Å². The summed E-state index contributed by atoms with van der Waals surface area (Å²) in [5.74, 6) is -1.55. The number of aromatic nitrogens is 1. The highest BCUT2D eigenvalue weighted by Gasteiger charge is 2.45. The van der Waals surface area contributed by atoms with E-state index in [4.69, 9.17) is 19.9 Å². The molecule has 0 aromatic carbocycles. The number of sulfonamides is 1. The number of nitrogens with zero attached hydrogens (tertiary/aromatic N) is 3. The predicted molar refractivity (Wildman–Crippen MR) is 91.5 cm³/mol. The van der Waals surface area contributed by atoms with Crippen molar-refractivity contribution in [1.29, 1.82) is 0 Å². The lowest BCUT2D eigenvalue weighted by Crippen LogP contribution is -2.53. The van der Waals surface area contributed by atoms with Crippen LogP contribution in [0.15, 0.2) is 24.5 Å². The maximum Gasteiger partial charge on any atom is 0.279 e. The smallest absolute Gasteiger partial charge is 0.279 e. The van der Waals surface area contributed by atoms with E-state index in [9.17, 15) is 13.2 Å². The number of ether oxygens (including phenoxy) is 2. The number of pyridine rings is 1. The molecule has 2 unspecified atom stereocenters. The minimum atomic E-state index is -3.79. The van der Waals surface area contributed by atoms with E-state index in [0.717, 1.165) is 0 Å². The van der Waals surface area contributed by atoms with Crippen molar-refractivity contribution in [3.63, 3.8) is 0 Å². The van der Waals surface area contributed by atoms with Gasteiger partial charge in [-0.25, -0.2) is 12.7 Å². The van der Waals surface area contributed by atoms with Crippen molar-refractivity contribution in [2.24, 2.45) is 5.92 Å². The number of carbonyl (C=O) groups excluding carboxylic acids is 1. The Balaban J connectivity index is 1.64. The fourth-order valence-corrected chi connectivity index (χ4v) is 5.57. The van der Waals surface area contributed by atoms with Crippen LogP contribution >= 0.6 is 0 Å². The first kappa shape index (κ1) is 20.0. The number of piperidine rings is 1. The molecule has 3 heterocycles. The van der Waals surface area contributed by atoms with Crippen LogP contribution < -0.4 is 4.74 Å². The van der Waals surface area contributed by atoms with Gasteiger partial charge in [0.1, 0.15) is 11.9 Å². The van der Waals surface area contributed by atoms with E-state index in [0.29, 0.717) is 18.6 Å². The summed E-state index contributed by atoms with van der Waals surface area (Å²) in [6, 6.07) is 3.49. The Morgan fingerprint density at radius 3 is 2.52 bits per heavy atom. The molecule has 150 valence electrons. The van der Waals surface area contributed by atoms with Crippen molar-refractivity contribution in [2.45, 2.75) is 30.6 Å². The molecule has 2 fully saturated rings. The first-order valence-corrected chi connectivity index (χ1v) is 10.2. The topological polar surface area (TPSA) is 130 Å². The highest BCUT2D eigenvalue weighted by Crippen LogP contribution is 2.29. The summed E-state index contributed by atoms with van der Waals surface area (Å²) in [5, 5.41) is 16.4. The molecule has 2 saturated heterocycles. The van der Waals surface area contributed by atoms with Gasteiger partial charge in [0, 0.05) is 32.1 Å². The second kappa shape index (κ2) is 8.48. The minimum absolute atomic E-state index is 0.101. The predicted octanol–water partition coefficient (Wildman–Crippen LogP) is 0.267. The highest BCUT2D eigenvalue weighted by molar-refractivity contribution is 7.89. The van der Waals surface area contributed by atoms with Crippen molar-refractivity contribution in [2.75, 3.05) is 26.3 Å². The standard InChI is InChI=1S/C16H23N3O7S/c20-16(19(21)22)14-11-25-10-5-15(14)27(23,24)18-8-3-13(4-9-18)26-12-1-6-17-7-2-12/h1-2,6-7,13-15,21-22H,3-5,8-11H2. The number of hydrogen-bond acceptors (Lipinski definition) is 8. The van der Waals surface area contributed by atoms with Crippen LogP contribution in [0, 0.1) is 5.92 Å². The van der Waals surface area contributed by atoms with Gasteiger partial charge in [-0.15, -0.1) is 0 Å². The van der Waals surface area contributed by atoms with Gasteiger partial charge in [-0.3, -0.25) is 20.2 Å². The average Bonchev–Trinajstić information content (AvgIpc) is 2.68. The van der Waals surface area contributed by atoms with Gasteiger partial charge in [0.25, 0.3) is 5.91 Å². The van der Waals surface area contributed by atoms with Gasteiger partial charge in [0.2, 0.25) is 10.0 Å². The van der Waals surface area contributed by atoms with Crippen molar-refractivity contribution in [3.8, 4) is 5.75 Å². The van der Waals surface area contributed by atoms with E-state index >= 15 is 0 Å². The van der Waals surface area contributed by atoms with E-state index in [-0.39, 0.29) is 38.8 Å². The van der Waals surface area contributed by atoms with Crippen molar-refractivity contribution in [1.82, 2.24) is 14.5 Å². The lowest BCUT2D eigenvalue weighted by Gasteiger charge is -2.37. The molecule has 0 aliphatic carbocycles. The summed E-state index contributed by atoms with van der Waals surface area (Å²) in [6.45, 7) is 0.588. The molecule has 0 radical (unpaired) electrons. The van der Waals surface area contributed by atoms with Crippen molar-refractivity contribution < 1.29 is 33.1 Å². The monoisotopic (exact) mass is 401 g/mol. The largest absolute Gasteiger partial charge is 0.490 e. The molecule has 0 spiro atoms. The third kappa shape index (κ3) is 4.55. The maximum atomic E-state index is 13.0. The number of hydrogen-bond donors (Lipinski definition) is 2. The number of carbonyl (C=O) groups is 1. The van der Waals surface area contributed by atoms with Gasteiger partial charge in [-0.05, 0) is 31.4 Å². The first-order valence-electron chi connectivity index (χ1n) is 8.74. The van der Waals surface area contributed by atoms with Crippen LogP contribution in [-0.4, -0.2) is 76.9 Å². The Morgan fingerprint density at radius 2 is 1.89 bits per heavy atom. The third-order valence-corrected chi connectivity index (χ3v) is 7.32. The zero-order valence-corrected chi connectivity index (χ0v) is 15.5. The van der Waals surface area contributed by atoms with Gasteiger partial charge in [0.05, 0.1) is 17.8 Å². The maximum absolute atomic E-state index is 13.0. The first-order chi connectivity index (χ1) is 12.9. The molecule has 0 bridgehead atoms. The molecular formula is C16H23N3O7S. The molecule has 2 aliphatic heterocycles. The molecule has 1 amide bonds. The quantitative estimate of drug-likeness (QED) is 0.531. The Morgan fingerprint density at radius 1 is 1.22 bits per heavy atom. The van der Waals surface area contributed by atoms with Gasteiger partial charge in [-0.1, -0.05) is 5.23 Å². The molecule has 11 heteroatoms. The van der Waals surface area contributed by atoms with Crippen LogP contribution in [-0.2, 0) is 19.6 Å². The van der Waals surface area contributed by atoms with Crippen LogP contribution in [0.3, 0.4) is 0 Å². The summed E-state index contributed by atoms with van der Waals surface area (Å²) in [5.41, 5.74) is 0. The van der Waals surface area contributed by atoms with E-state index in [1.165, 1.54) is 4.31 Å². The lowest BCUT2D eigenvalue weighted by molar-refractivity contribution is -0.289. The van der Waals surface area contributed by atoms with E-state index < -0.39 is 32.3 Å². The molecule has 0 saturated carbocycles. The summed E-state index contributed by atoms with van der Waals surface area (Å²) in [7, 11) is -3.79. The lowest BCUT2D eigenvalue weighted by atomic mass is 10.0. The second-order valence-electron chi connectivity index (χ2n) is 6.58. The van der Waals surface area contributed by atoms with Gasteiger partial charge in [-0.2, -0.15) is 0 Å². The zero-order valence-electron chi connectivity index (χ0n) is 14.7. The summed E-state index contributed by atoms with van der Waals surface area (Å²) >= 11 is 0. The van der Waals surface area contributed by atoms with Crippen LogP contribution in [0.5, 0.6) is 5.75 Å². The van der Waals surface area contributed by atoms with E-state index in [2.05, 4.69) is 4.98 Å². The third-order valence-electron chi connectivity index (χ3n) is 4.90. The number of rotatable bonds is 5. The molecule has 1 aromatic heterocycles. The minimum Gasteiger partial charge on any atom is -0.490 e. The van der Waals surface area contributed by atoms with Crippen LogP contribution in [0.2, 0.25) is 0 Å².